The van der Waals surface area contributed by atoms with Crippen molar-refractivity contribution >= 4 is 19.8 Å². The summed E-state index contributed by atoms with van der Waals surface area (Å²) < 4.78 is 0. The summed E-state index contributed by atoms with van der Waals surface area (Å²) in [5.74, 6) is 0. The zero-order chi connectivity index (χ0) is 2.00. The standard InChI is InChI=1S/2K.HPS/c;;1-2/h;;1H/q2*+1;/p+1. The molecule has 1 unspecified atom stereocenters. The van der Waals surface area contributed by atoms with Gasteiger partial charge in [0.1, 0.15) is 8.02 Å². The fraction of sp³-hybridized carbons (Fsp3) is 0. The average molecular weight is 143 g/mol. The Hall–Kier alpha value is 3.79. The molecule has 0 N–H and O–H groups in total. The second-order valence-electron chi connectivity index (χ2n) is 0. The molecule has 0 saturated heterocycles. The van der Waals surface area contributed by atoms with Gasteiger partial charge in [0.25, 0.3) is 0 Å². The summed E-state index contributed by atoms with van der Waals surface area (Å²) in [7, 11) is 2.00. The molecule has 0 bridgehead atoms. The third kappa shape index (κ3) is 9.25. The van der Waals surface area contributed by atoms with Crippen LogP contribution < -0.4 is 103 Å². The number of hydrogen-bond acceptors (Lipinski definition) is 1. The second-order valence-corrected chi connectivity index (χ2v) is 0. The van der Waals surface area contributed by atoms with Crippen molar-refractivity contribution in [3.63, 3.8) is 0 Å². The van der Waals surface area contributed by atoms with Gasteiger partial charge in [-0.05, 0) is 0 Å². The molecular weight excluding hydrogens is 141 g/mol. The molecule has 0 nitrogen and oxygen atoms in total. The summed E-state index contributed by atoms with van der Waals surface area (Å²) in [5.41, 5.74) is 0. The van der Waals surface area contributed by atoms with Gasteiger partial charge >= 0.3 is 103 Å². The molecule has 0 aliphatic heterocycles. The Labute approximate surface area is 119 Å². The maximum absolute atomic E-state index is 4.00. The van der Waals surface area contributed by atoms with E-state index in [0.29, 0.717) is 0 Å². The Morgan fingerprint density at radius 2 is 1.00 bits per heavy atom. The molecule has 0 aromatic heterocycles. The van der Waals surface area contributed by atoms with Crippen LogP contribution in [0, 0.1) is 0 Å². The largest absolute Gasteiger partial charge is 1.00 e. The first-order valence-corrected chi connectivity index (χ1v) is 2.12. The van der Waals surface area contributed by atoms with Crippen LogP contribution in [-0.4, -0.2) is 0 Å². The van der Waals surface area contributed by atoms with Gasteiger partial charge in [0.05, 0.1) is 0 Å². The minimum Gasteiger partial charge on any atom is 0.145 e. The van der Waals surface area contributed by atoms with Gasteiger partial charge in [0.2, 0.25) is 0 Å². The third-order valence-electron chi connectivity index (χ3n) is 0. The Morgan fingerprint density at radius 3 is 1.00 bits per heavy atom. The number of hydrogen-bond donors (Lipinski definition) is 0. The van der Waals surface area contributed by atoms with Crippen LogP contribution in [-0.2, 0) is 11.8 Å². The monoisotopic (exact) mass is 143 g/mol. The molecule has 0 aliphatic rings. The average Bonchev–Trinajstić information content (AvgIpc) is 1.00. The topological polar surface area (TPSA) is 0 Å². The first-order valence-electron chi connectivity index (χ1n) is 0.236. The van der Waals surface area contributed by atoms with Gasteiger partial charge in [-0.15, -0.1) is 0 Å². The van der Waals surface area contributed by atoms with E-state index in [0.717, 1.165) is 0 Å². The zero-order valence-corrected chi connectivity index (χ0v) is 11.2. The van der Waals surface area contributed by atoms with Crippen LogP contribution >= 0.6 is 8.02 Å². The van der Waals surface area contributed by atoms with Crippen molar-refractivity contribution in [2.75, 3.05) is 0 Å². The van der Waals surface area contributed by atoms with E-state index in [-0.39, 0.29) is 103 Å². The van der Waals surface area contributed by atoms with Crippen LogP contribution in [0.5, 0.6) is 0 Å². The Balaban J connectivity index is -0.00000000500. The molecule has 0 fully saturated rings. The van der Waals surface area contributed by atoms with Gasteiger partial charge in [-0.2, -0.15) is 0 Å². The summed E-state index contributed by atoms with van der Waals surface area (Å²) in [5, 5.41) is 0. The van der Waals surface area contributed by atoms with Crippen molar-refractivity contribution in [3.8, 4) is 0 Å². The predicted molar refractivity (Wildman–Crippen MR) is 17.1 cm³/mol. The van der Waals surface area contributed by atoms with E-state index in [4.69, 9.17) is 0 Å². The van der Waals surface area contributed by atoms with E-state index in [1.54, 1.807) is 0 Å². The van der Waals surface area contributed by atoms with Crippen LogP contribution in [0.4, 0.5) is 0 Å². The van der Waals surface area contributed by atoms with Gasteiger partial charge < -0.3 is 0 Å². The maximum Gasteiger partial charge on any atom is 1.00 e. The van der Waals surface area contributed by atoms with E-state index in [2.05, 4.69) is 11.8 Å². The van der Waals surface area contributed by atoms with Crippen LogP contribution in [0.25, 0.3) is 0 Å². The molecule has 0 heterocycles. The van der Waals surface area contributed by atoms with Gasteiger partial charge in [0.15, 0.2) is 11.8 Å². The number of rotatable bonds is 0. The first-order chi connectivity index (χ1) is 1.00. The van der Waals surface area contributed by atoms with Crippen LogP contribution in [0.1, 0.15) is 0 Å². The quantitative estimate of drug-likeness (QED) is 0.241. The molecule has 1 atom stereocenters. The van der Waals surface area contributed by atoms with E-state index >= 15 is 0 Å². The predicted octanol–water partition coefficient (Wildman–Crippen LogP) is -5.67. The van der Waals surface area contributed by atoms with E-state index in [1.165, 1.54) is 0 Å². The third-order valence-corrected chi connectivity index (χ3v) is 0. The van der Waals surface area contributed by atoms with Crippen molar-refractivity contribution in [2.24, 2.45) is 0 Å². The molecule has 0 rings (SSSR count). The summed E-state index contributed by atoms with van der Waals surface area (Å²) >= 11 is 4.00. The van der Waals surface area contributed by atoms with Crippen molar-refractivity contribution in [1.82, 2.24) is 0 Å². The SMILES string of the molecule is [K+].[K+].[PH2+]=S. The van der Waals surface area contributed by atoms with E-state index in [1.807, 2.05) is 8.02 Å². The van der Waals surface area contributed by atoms with Gasteiger partial charge in [-0.3, -0.25) is 0 Å². The van der Waals surface area contributed by atoms with Gasteiger partial charge in [-0.25, -0.2) is 0 Å². The Kier molecular flexibility index (Phi) is 62.0. The van der Waals surface area contributed by atoms with Crippen molar-refractivity contribution in [3.05, 3.63) is 0 Å². The molecule has 0 radical (unpaired) electrons. The minimum atomic E-state index is 0. The molecule has 4 heteroatoms. The molecule has 12 valence electrons. The molecule has 4 heavy (non-hydrogen) atoms. The smallest absolute Gasteiger partial charge is 0.145 e. The van der Waals surface area contributed by atoms with E-state index < -0.39 is 0 Å². The van der Waals surface area contributed by atoms with Crippen LogP contribution in [0.3, 0.4) is 0 Å². The molecule has 0 spiro atoms. The first kappa shape index (κ1) is 15.7. The van der Waals surface area contributed by atoms with Gasteiger partial charge in [0, 0.05) is 0 Å². The minimum absolute atomic E-state index is 0. The molecule has 0 aromatic rings. The molecule has 0 saturated carbocycles. The molecule has 0 aromatic carbocycles. The fourth-order valence-electron chi connectivity index (χ4n) is 0. The summed E-state index contributed by atoms with van der Waals surface area (Å²) in [6.45, 7) is 0. The van der Waals surface area contributed by atoms with Crippen molar-refractivity contribution in [2.45, 2.75) is 0 Å². The Bertz CT molecular complexity index is 6.00. The maximum atomic E-state index is 4.00. The van der Waals surface area contributed by atoms with Crippen LogP contribution in [0.15, 0.2) is 0 Å². The fourth-order valence-corrected chi connectivity index (χ4v) is 0. The normalized spacial score (nSPS) is 1.00. The second kappa shape index (κ2) is 15.8. The summed E-state index contributed by atoms with van der Waals surface area (Å²) in [6.07, 6.45) is 0. The Morgan fingerprint density at radius 1 is 1.00 bits per heavy atom. The molecular formula is H2K2PS+3. The van der Waals surface area contributed by atoms with E-state index in [9.17, 15) is 0 Å². The zero-order valence-electron chi connectivity index (χ0n) is 2.99. The molecule has 0 aliphatic carbocycles. The van der Waals surface area contributed by atoms with Crippen molar-refractivity contribution < 1.29 is 103 Å². The summed E-state index contributed by atoms with van der Waals surface area (Å²) in [4.78, 5) is 0. The van der Waals surface area contributed by atoms with Crippen LogP contribution in [0.2, 0.25) is 0 Å². The van der Waals surface area contributed by atoms with Crippen molar-refractivity contribution in [1.29, 1.82) is 0 Å². The van der Waals surface area contributed by atoms with Gasteiger partial charge in [-0.1, -0.05) is 0 Å². The molecule has 0 amide bonds. The summed E-state index contributed by atoms with van der Waals surface area (Å²) in [6, 6.07) is 0.